The van der Waals surface area contributed by atoms with Crippen molar-refractivity contribution < 1.29 is 4.79 Å². The number of aryl methyl sites for hydroxylation is 3. The molecule has 2 rings (SSSR count). The van der Waals surface area contributed by atoms with E-state index in [1.54, 1.807) is 17.8 Å². The lowest BCUT2D eigenvalue weighted by Crippen LogP contribution is -2.31. The highest BCUT2D eigenvalue weighted by Crippen LogP contribution is 2.15. The number of pyridine rings is 1. The van der Waals surface area contributed by atoms with Crippen LogP contribution in [0, 0.1) is 13.8 Å². The molecule has 0 aliphatic heterocycles. The Labute approximate surface area is 121 Å². The molecule has 0 bridgehead atoms. The molecular weight excluding hydrogens is 274 g/mol. The number of rotatable bonds is 3. The van der Waals surface area contributed by atoms with E-state index < -0.39 is 0 Å². The Morgan fingerprint density at radius 2 is 2.15 bits per heavy atom. The molecule has 0 aromatic carbocycles. The molecule has 1 amide bonds. The van der Waals surface area contributed by atoms with Crippen LogP contribution in [-0.4, -0.2) is 15.5 Å². The SMILES string of the molecule is Cc1nc([C@H](C)NC(=O)c2cn(C)c(C)cc2=O)cs1. The second-order valence-electron chi connectivity index (χ2n) is 4.79. The van der Waals surface area contributed by atoms with Gasteiger partial charge in [-0.2, -0.15) is 0 Å². The van der Waals surface area contributed by atoms with E-state index in [1.807, 2.05) is 26.2 Å². The highest BCUT2D eigenvalue weighted by molar-refractivity contribution is 7.09. The van der Waals surface area contributed by atoms with Crippen molar-refractivity contribution in [2.75, 3.05) is 0 Å². The number of carbonyl (C=O) groups is 1. The number of hydrogen-bond donors (Lipinski definition) is 1. The second-order valence-corrected chi connectivity index (χ2v) is 5.85. The maximum Gasteiger partial charge on any atom is 0.257 e. The van der Waals surface area contributed by atoms with E-state index in [2.05, 4.69) is 10.3 Å². The van der Waals surface area contributed by atoms with Gasteiger partial charge in [0, 0.05) is 30.4 Å². The van der Waals surface area contributed by atoms with Gasteiger partial charge in [-0.1, -0.05) is 0 Å². The first kappa shape index (κ1) is 14.5. The fourth-order valence-electron chi connectivity index (χ4n) is 1.83. The lowest BCUT2D eigenvalue weighted by molar-refractivity contribution is 0.0937. The van der Waals surface area contributed by atoms with E-state index in [0.717, 1.165) is 16.4 Å². The van der Waals surface area contributed by atoms with Crippen molar-refractivity contribution in [1.82, 2.24) is 14.9 Å². The number of nitrogens with one attached hydrogen (secondary N) is 1. The molecule has 1 atom stereocenters. The van der Waals surface area contributed by atoms with Gasteiger partial charge in [0.25, 0.3) is 5.91 Å². The highest BCUT2D eigenvalue weighted by Gasteiger charge is 2.16. The van der Waals surface area contributed by atoms with E-state index in [4.69, 9.17) is 0 Å². The summed E-state index contributed by atoms with van der Waals surface area (Å²) in [6.07, 6.45) is 1.56. The Bertz CT molecular complexity index is 703. The van der Waals surface area contributed by atoms with E-state index in [0.29, 0.717) is 0 Å². The summed E-state index contributed by atoms with van der Waals surface area (Å²) in [5, 5.41) is 5.67. The first-order valence-electron chi connectivity index (χ1n) is 6.28. The van der Waals surface area contributed by atoms with Gasteiger partial charge in [0.05, 0.1) is 16.7 Å². The van der Waals surface area contributed by atoms with Gasteiger partial charge < -0.3 is 9.88 Å². The molecule has 5 nitrogen and oxygen atoms in total. The molecule has 1 N–H and O–H groups in total. The Morgan fingerprint density at radius 1 is 1.45 bits per heavy atom. The average Bonchev–Trinajstić information content (AvgIpc) is 2.80. The van der Waals surface area contributed by atoms with Crippen molar-refractivity contribution in [3.8, 4) is 0 Å². The lowest BCUT2D eigenvalue weighted by Gasteiger charge is -2.12. The molecule has 0 aliphatic rings. The molecule has 106 valence electrons. The third-order valence-electron chi connectivity index (χ3n) is 3.16. The molecule has 6 heteroatoms. The Hall–Kier alpha value is -1.95. The number of hydrogen-bond acceptors (Lipinski definition) is 4. The zero-order valence-corrected chi connectivity index (χ0v) is 12.7. The Morgan fingerprint density at radius 3 is 2.75 bits per heavy atom. The minimum atomic E-state index is -0.372. The van der Waals surface area contributed by atoms with Crippen molar-refractivity contribution in [2.45, 2.75) is 26.8 Å². The van der Waals surface area contributed by atoms with Crippen molar-refractivity contribution in [1.29, 1.82) is 0 Å². The molecular formula is C14H17N3O2S. The van der Waals surface area contributed by atoms with Gasteiger partial charge in [-0.05, 0) is 20.8 Å². The molecule has 0 fully saturated rings. The summed E-state index contributed by atoms with van der Waals surface area (Å²) in [7, 11) is 1.80. The van der Waals surface area contributed by atoms with Gasteiger partial charge in [0.1, 0.15) is 5.56 Å². The van der Waals surface area contributed by atoms with Crippen LogP contribution in [0.3, 0.4) is 0 Å². The van der Waals surface area contributed by atoms with Gasteiger partial charge in [-0.25, -0.2) is 4.98 Å². The van der Waals surface area contributed by atoms with Crippen LogP contribution in [0.4, 0.5) is 0 Å². The maximum absolute atomic E-state index is 12.2. The van der Waals surface area contributed by atoms with Crippen LogP contribution in [0.25, 0.3) is 0 Å². The molecule has 0 saturated heterocycles. The van der Waals surface area contributed by atoms with Gasteiger partial charge in [-0.3, -0.25) is 9.59 Å². The van der Waals surface area contributed by atoms with Gasteiger partial charge in [0.15, 0.2) is 5.43 Å². The first-order chi connectivity index (χ1) is 9.38. The van der Waals surface area contributed by atoms with Crippen LogP contribution in [-0.2, 0) is 7.05 Å². The van der Waals surface area contributed by atoms with Crippen LogP contribution in [0.5, 0.6) is 0 Å². The standard InChI is InChI=1S/C14H17N3O2S/c1-8-5-13(18)11(6-17(8)4)14(19)15-9(2)12-7-20-10(3)16-12/h5-7,9H,1-4H3,(H,15,19)/t9-/m0/s1. The summed E-state index contributed by atoms with van der Waals surface area (Å²) in [4.78, 5) is 28.4. The Balaban J connectivity index is 2.20. The third kappa shape index (κ3) is 2.96. The number of carbonyl (C=O) groups excluding carboxylic acids is 1. The summed E-state index contributed by atoms with van der Waals surface area (Å²) in [6.45, 7) is 5.59. The molecule has 20 heavy (non-hydrogen) atoms. The minimum absolute atomic E-state index is 0.150. The second kappa shape index (κ2) is 5.58. The normalized spacial score (nSPS) is 12.2. The van der Waals surface area contributed by atoms with Crippen molar-refractivity contribution in [3.05, 3.63) is 49.8 Å². The molecule has 0 unspecified atom stereocenters. The quantitative estimate of drug-likeness (QED) is 0.940. The summed E-state index contributed by atoms with van der Waals surface area (Å²) >= 11 is 1.53. The third-order valence-corrected chi connectivity index (χ3v) is 3.95. The summed E-state index contributed by atoms with van der Waals surface area (Å²) in [5.41, 5.74) is 1.51. The van der Waals surface area contributed by atoms with Crippen molar-refractivity contribution >= 4 is 17.2 Å². The van der Waals surface area contributed by atoms with E-state index >= 15 is 0 Å². The minimum Gasteiger partial charge on any atom is -0.354 e. The maximum atomic E-state index is 12.2. The molecule has 0 aliphatic carbocycles. The molecule has 2 aromatic heterocycles. The lowest BCUT2D eigenvalue weighted by atomic mass is 10.2. The van der Waals surface area contributed by atoms with Gasteiger partial charge in [0.2, 0.25) is 0 Å². The van der Waals surface area contributed by atoms with Gasteiger partial charge in [-0.15, -0.1) is 11.3 Å². The monoisotopic (exact) mass is 291 g/mol. The topological polar surface area (TPSA) is 64.0 Å². The fourth-order valence-corrected chi connectivity index (χ4v) is 2.53. The molecule has 0 saturated carbocycles. The van der Waals surface area contributed by atoms with Crippen LogP contribution in [0.1, 0.15) is 39.7 Å². The van der Waals surface area contributed by atoms with Crippen LogP contribution in [0.2, 0.25) is 0 Å². The van der Waals surface area contributed by atoms with Crippen molar-refractivity contribution in [3.63, 3.8) is 0 Å². The predicted molar refractivity (Wildman–Crippen MR) is 79.2 cm³/mol. The molecule has 0 spiro atoms. The van der Waals surface area contributed by atoms with E-state index in [1.165, 1.54) is 17.4 Å². The largest absolute Gasteiger partial charge is 0.354 e. The van der Waals surface area contributed by atoms with Gasteiger partial charge >= 0.3 is 0 Å². The zero-order chi connectivity index (χ0) is 14.9. The predicted octanol–water partition coefficient (Wildman–Crippen LogP) is 1.95. The summed E-state index contributed by atoms with van der Waals surface area (Å²) in [6, 6.07) is 1.24. The van der Waals surface area contributed by atoms with Crippen LogP contribution >= 0.6 is 11.3 Å². The summed E-state index contributed by atoms with van der Waals surface area (Å²) in [5.74, 6) is -0.372. The smallest absolute Gasteiger partial charge is 0.257 e. The van der Waals surface area contributed by atoms with E-state index in [9.17, 15) is 9.59 Å². The number of aromatic nitrogens is 2. The highest BCUT2D eigenvalue weighted by atomic mass is 32.1. The summed E-state index contributed by atoms with van der Waals surface area (Å²) < 4.78 is 1.76. The van der Waals surface area contributed by atoms with Crippen molar-refractivity contribution in [2.24, 2.45) is 7.05 Å². The number of amides is 1. The molecule has 2 heterocycles. The molecule has 0 radical (unpaired) electrons. The Kier molecular flexibility index (Phi) is 4.04. The van der Waals surface area contributed by atoms with Crippen LogP contribution < -0.4 is 10.7 Å². The first-order valence-corrected chi connectivity index (χ1v) is 7.16. The zero-order valence-electron chi connectivity index (χ0n) is 11.9. The average molecular weight is 291 g/mol. The van der Waals surface area contributed by atoms with Crippen LogP contribution in [0.15, 0.2) is 22.4 Å². The number of thiazole rings is 1. The molecule has 2 aromatic rings. The van der Waals surface area contributed by atoms with E-state index in [-0.39, 0.29) is 22.9 Å². The fraction of sp³-hybridized carbons (Fsp3) is 0.357. The number of nitrogens with zero attached hydrogens (tertiary/aromatic N) is 2.